The molecule has 3 rings (SSSR count). The van der Waals surface area contributed by atoms with Crippen LogP contribution in [-0.4, -0.2) is 71.6 Å². The van der Waals surface area contributed by atoms with E-state index < -0.39 is 71.3 Å². The largest absolute Gasteiger partial charge is 0.493 e. The van der Waals surface area contributed by atoms with Gasteiger partial charge in [-0.25, -0.2) is 9.78 Å². The van der Waals surface area contributed by atoms with Gasteiger partial charge in [-0.05, 0) is 25.8 Å². The van der Waals surface area contributed by atoms with Crippen molar-refractivity contribution < 1.29 is 47.7 Å². The molecule has 1 unspecified atom stereocenters. The van der Waals surface area contributed by atoms with Crippen molar-refractivity contribution in [2.45, 2.75) is 57.2 Å². The average molecular weight is 649 g/mol. The van der Waals surface area contributed by atoms with E-state index in [1.165, 1.54) is 33.2 Å². The summed E-state index contributed by atoms with van der Waals surface area (Å²) in [6.07, 6.45) is -0.842. The second-order valence-corrected chi connectivity index (χ2v) is 11.3. The number of carbonyl (C=O) groups is 5. The van der Waals surface area contributed by atoms with Crippen LogP contribution in [0.25, 0.3) is 0 Å². The normalized spacial score (nSPS) is 21.5. The van der Waals surface area contributed by atoms with Gasteiger partial charge in [-0.1, -0.05) is 60.1 Å². The van der Waals surface area contributed by atoms with Gasteiger partial charge in [0.1, 0.15) is 23.5 Å². The summed E-state index contributed by atoms with van der Waals surface area (Å²) in [6, 6.07) is 8.97. The molecule has 0 aliphatic carbocycles. The van der Waals surface area contributed by atoms with E-state index in [-0.39, 0.29) is 23.6 Å². The summed E-state index contributed by atoms with van der Waals surface area (Å²) in [4.78, 5) is 68.0. The first-order valence-electron chi connectivity index (χ1n) is 13.2. The molecule has 1 saturated heterocycles. The fourth-order valence-corrected chi connectivity index (χ4v) is 4.10. The van der Waals surface area contributed by atoms with Crippen molar-refractivity contribution in [1.82, 2.24) is 10.3 Å². The number of nitrogens with zero attached hydrogens (tertiary/aromatic N) is 1. The molecule has 5 atom stereocenters. The summed E-state index contributed by atoms with van der Waals surface area (Å²) in [6.45, 7) is 5.73. The van der Waals surface area contributed by atoms with Crippen LogP contribution in [0.3, 0.4) is 0 Å². The standard InChI is InChI=1S/C29H33BrN2O10/c1-15(2)26(34)41-23-17(4)40-29(37)20(14-39-28(36)19(23)13-18-9-7-6-8-10-18)32-25(33)22-24(42-27(35)16(3)30)21(38-5)11-12-31-22/h6-12,15-17,19-20,23H,13-14H2,1-5H3,(H,32,33)/t16?,17-,19+,20-,23-/m0/s1. The van der Waals surface area contributed by atoms with Crippen molar-refractivity contribution in [3.8, 4) is 11.5 Å². The summed E-state index contributed by atoms with van der Waals surface area (Å²) in [5, 5.41) is 2.43. The Morgan fingerprint density at radius 1 is 1.07 bits per heavy atom. The van der Waals surface area contributed by atoms with Gasteiger partial charge in [0.15, 0.2) is 23.6 Å². The van der Waals surface area contributed by atoms with Crippen molar-refractivity contribution >= 4 is 45.7 Å². The van der Waals surface area contributed by atoms with E-state index in [1.807, 2.05) is 18.2 Å². The lowest BCUT2D eigenvalue weighted by atomic mass is 9.91. The maximum Gasteiger partial charge on any atom is 0.332 e. The van der Waals surface area contributed by atoms with Gasteiger partial charge < -0.3 is 29.0 Å². The molecule has 1 amide bonds. The van der Waals surface area contributed by atoms with Gasteiger partial charge in [0.05, 0.1) is 13.0 Å². The lowest BCUT2D eigenvalue weighted by Crippen LogP contribution is -2.47. The highest BCUT2D eigenvalue weighted by Gasteiger charge is 2.42. The minimum absolute atomic E-state index is 0.0484. The molecular weight excluding hydrogens is 616 g/mol. The minimum Gasteiger partial charge on any atom is -0.493 e. The zero-order valence-electron chi connectivity index (χ0n) is 23.8. The number of pyridine rings is 1. The van der Waals surface area contributed by atoms with Crippen molar-refractivity contribution in [2.24, 2.45) is 11.8 Å². The smallest absolute Gasteiger partial charge is 0.332 e. The predicted molar refractivity (Wildman–Crippen MR) is 151 cm³/mol. The molecule has 0 spiro atoms. The first-order valence-corrected chi connectivity index (χ1v) is 14.2. The van der Waals surface area contributed by atoms with E-state index in [2.05, 4.69) is 26.2 Å². The molecule has 0 radical (unpaired) electrons. The van der Waals surface area contributed by atoms with E-state index >= 15 is 0 Å². The van der Waals surface area contributed by atoms with E-state index in [0.29, 0.717) is 0 Å². The lowest BCUT2D eigenvalue weighted by Gasteiger charge is -2.29. The molecule has 1 aliphatic rings. The van der Waals surface area contributed by atoms with Gasteiger partial charge in [-0.3, -0.25) is 19.2 Å². The van der Waals surface area contributed by atoms with Gasteiger partial charge >= 0.3 is 23.9 Å². The molecule has 1 aliphatic heterocycles. The molecule has 13 heteroatoms. The van der Waals surface area contributed by atoms with Crippen LogP contribution in [0.2, 0.25) is 0 Å². The number of hydrogen-bond acceptors (Lipinski definition) is 11. The van der Waals surface area contributed by atoms with Crippen LogP contribution in [0.4, 0.5) is 0 Å². The number of nitrogens with one attached hydrogen (secondary N) is 1. The van der Waals surface area contributed by atoms with Crippen molar-refractivity contribution in [1.29, 1.82) is 0 Å². The molecule has 1 N–H and O–H groups in total. The van der Waals surface area contributed by atoms with Gasteiger partial charge in [-0.15, -0.1) is 0 Å². The predicted octanol–water partition coefficient (Wildman–Crippen LogP) is 2.79. The highest BCUT2D eigenvalue weighted by Crippen LogP contribution is 2.31. The number of esters is 4. The van der Waals surface area contributed by atoms with Crippen LogP contribution >= 0.6 is 15.9 Å². The molecule has 1 aromatic carbocycles. The average Bonchev–Trinajstić information content (AvgIpc) is 2.99. The highest BCUT2D eigenvalue weighted by molar-refractivity contribution is 9.10. The molecule has 1 fully saturated rings. The summed E-state index contributed by atoms with van der Waals surface area (Å²) >= 11 is 3.10. The Labute approximate surface area is 251 Å². The minimum atomic E-state index is -1.47. The van der Waals surface area contributed by atoms with Crippen LogP contribution in [0.15, 0.2) is 42.6 Å². The third-order valence-corrected chi connectivity index (χ3v) is 6.67. The van der Waals surface area contributed by atoms with E-state index in [1.54, 1.807) is 26.0 Å². The lowest BCUT2D eigenvalue weighted by molar-refractivity contribution is -0.176. The molecule has 1 aromatic heterocycles. The molecular formula is C29H33BrN2O10. The zero-order valence-corrected chi connectivity index (χ0v) is 25.4. The van der Waals surface area contributed by atoms with Crippen molar-refractivity contribution in [3.63, 3.8) is 0 Å². The summed E-state index contributed by atoms with van der Waals surface area (Å²) in [7, 11) is 1.32. The van der Waals surface area contributed by atoms with Crippen molar-refractivity contribution in [2.75, 3.05) is 13.7 Å². The van der Waals surface area contributed by atoms with Gasteiger partial charge in [-0.2, -0.15) is 0 Å². The maximum absolute atomic E-state index is 13.4. The molecule has 0 bridgehead atoms. The van der Waals surface area contributed by atoms with Crippen molar-refractivity contribution in [3.05, 3.63) is 53.9 Å². The van der Waals surface area contributed by atoms with Crippen LogP contribution in [0.1, 0.15) is 43.7 Å². The second-order valence-electron chi connectivity index (χ2n) is 9.88. The number of ether oxygens (including phenoxy) is 5. The number of amides is 1. The molecule has 2 aromatic rings. The van der Waals surface area contributed by atoms with E-state index in [9.17, 15) is 24.0 Å². The number of benzene rings is 1. The third kappa shape index (κ3) is 8.28. The Bertz CT molecular complexity index is 1300. The van der Waals surface area contributed by atoms with Gasteiger partial charge in [0.25, 0.3) is 5.91 Å². The first kappa shape index (κ1) is 32.5. The molecule has 12 nitrogen and oxygen atoms in total. The Morgan fingerprint density at radius 3 is 2.38 bits per heavy atom. The molecule has 2 heterocycles. The molecule has 42 heavy (non-hydrogen) atoms. The monoisotopic (exact) mass is 648 g/mol. The van der Waals surface area contributed by atoms with Crippen LogP contribution in [0.5, 0.6) is 11.5 Å². The Morgan fingerprint density at radius 2 is 1.76 bits per heavy atom. The number of aromatic nitrogens is 1. The van der Waals surface area contributed by atoms with Gasteiger partial charge in [0.2, 0.25) is 5.75 Å². The van der Waals surface area contributed by atoms with Gasteiger partial charge in [0, 0.05) is 12.3 Å². The Balaban J connectivity index is 1.90. The zero-order chi connectivity index (χ0) is 31.0. The van der Waals surface area contributed by atoms with Crippen LogP contribution < -0.4 is 14.8 Å². The summed E-state index contributed by atoms with van der Waals surface area (Å²) in [5.74, 6) is -5.64. The summed E-state index contributed by atoms with van der Waals surface area (Å²) in [5.41, 5.74) is 0.422. The molecule has 226 valence electrons. The van der Waals surface area contributed by atoms with E-state index in [4.69, 9.17) is 23.7 Å². The fourth-order valence-electron chi connectivity index (χ4n) is 4.01. The summed E-state index contributed by atoms with van der Waals surface area (Å²) < 4.78 is 27.3. The SMILES string of the molecule is COc1ccnc(C(=O)N[C@H]2COC(=O)[C@H](Cc3ccccc3)[C@@H](OC(=O)C(C)C)[C@H](C)OC2=O)c1OC(=O)C(C)Br. The highest BCUT2D eigenvalue weighted by atomic mass is 79.9. The number of carbonyl (C=O) groups excluding carboxylic acids is 5. The topological polar surface area (TPSA) is 156 Å². The van der Waals surface area contributed by atoms with Crippen LogP contribution in [0, 0.1) is 11.8 Å². The Kier molecular flexibility index (Phi) is 11.4. The Hall–Kier alpha value is -4.00. The van der Waals surface area contributed by atoms with E-state index in [0.717, 1.165) is 5.56 Å². The number of cyclic esters (lactones) is 2. The quantitative estimate of drug-likeness (QED) is 0.242. The number of rotatable bonds is 9. The first-order chi connectivity index (χ1) is 19.9. The fraction of sp³-hybridized carbons (Fsp3) is 0.448. The van der Waals surface area contributed by atoms with Crippen LogP contribution in [-0.2, 0) is 39.8 Å². The number of halogens is 1. The maximum atomic E-state index is 13.4. The number of hydrogen-bond donors (Lipinski definition) is 1. The number of methoxy groups -OCH3 is 1. The molecule has 0 saturated carbocycles. The third-order valence-electron chi connectivity index (χ3n) is 6.30. The second kappa shape index (κ2) is 14.8. The number of alkyl halides is 1.